The van der Waals surface area contributed by atoms with E-state index in [0.717, 1.165) is 29.5 Å². The van der Waals surface area contributed by atoms with Gasteiger partial charge in [-0.05, 0) is 60.9 Å². The zero-order chi connectivity index (χ0) is 29.8. The number of carbonyl (C=O) groups excluding carboxylic acids is 2. The fourth-order valence-electron chi connectivity index (χ4n) is 5.24. The number of carboxylic acid groups (broad SMARTS) is 1. The van der Waals surface area contributed by atoms with Crippen molar-refractivity contribution in [3.8, 4) is 0 Å². The number of carbonyl (C=O) groups is 3. The molecule has 0 aliphatic carbocycles. The van der Waals surface area contributed by atoms with Crippen molar-refractivity contribution >= 4 is 34.2 Å². The van der Waals surface area contributed by atoms with E-state index in [1.54, 1.807) is 6.07 Å². The maximum Gasteiger partial charge on any atom is 0.490 e. The van der Waals surface area contributed by atoms with Crippen LogP contribution in [0.5, 0.6) is 0 Å². The Morgan fingerprint density at radius 1 is 1.02 bits per heavy atom. The maximum atomic E-state index is 13.8. The largest absolute Gasteiger partial charge is 0.490 e. The van der Waals surface area contributed by atoms with Crippen molar-refractivity contribution < 1.29 is 37.1 Å². The van der Waals surface area contributed by atoms with Crippen molar-refractivity contribution in [2.75, 3.05) is 31.2 Å². The molecule has 41 heavy (non-hydrogen) atoms. The Labute approximate surface area is 233 Å². The summed E-state index contributed by atoms with van der Waals surface area (Å²) in [6, 6.07) is 20.1. The van der Waals surface area contributed by atoms with Gasteiger partial charge < -0.3 is 25.5 Å². The van der Waals surface area contributed by atoms with Crippen molar-refractivity contribution in [1.29, 1.82) is 0 Å². The Morgan fingerprint density at radius 3 is 2.32 bits per heavy atom. The van der Waals surface area contributed by atoms with Gasteiger partial charge in [0, 0.05) is 36.9 Å². The van der Waals surface area contributed by atoms with Crippen LogP contribution in [-0.4, -0.2) is 71.9 Å². The fourth-order valence-corrected chi connectivity index (χ4v) is 5.24. The van der Waals surface area contributed by atoms with Gasteiger partial charge in [-0.3, -0.25) is 9.59 Å². The summed E-state index contributed by atoms with van der Waals surface area (Å²) in [6.45, 7) is 4.56. The van der Waals surface area contributed by atoms with E-state index in [1.165, 1.54) is 12.1 Å². The first-order chi connectivity index (χ1) is 19.4. The van der Waals surface area contributed by atoms with E-state index >= 15 is 0 Å². The predicted octanol–water partition coefficient (Wildman–Crippen LogP) is 4.16. The highest BCUT2D eigenvalue weighted by Crippen LogP contribution is 2.36. The van der Waals surface area contributed by atoms with Crippen LogP contribution in [0.2, 0.25) is 0 Å². The molecule has 3 aromatic rings. The minimum Gasteiger partial charge on any atom is -0.475 e. The second kappa shape index (κ2) is 12.1. The minimum absolute atomic E-state index is 0.00840. The van der Waals surface area contributed by atoms with Gasteiger partial charge in [0.25, 0.3) is 5.91 Å². The Morgan fingerprint density at radius 2 is 1.68 bits per heavy atom. The number of hydrogen-bond donors (Lipinski definition) is 3. The van der Waals surface area contributed by atoms with Gasteiger partial charge >= 0.3 is 12.1 Å². The van der Waals surface area contributed by atoms with E-state index in [4.69, 9.17) is 9.90 Å². The van der Waals surface area contributed by atoms with Crippen LogP contribution in [-0.2, 0) is 9.59 Å². The number of benzene rings is 3. The lowest BCUT2D eigenvalue weighted by atomic mass is 9.85. The number of nitrogens with one attached hydrogen (secondary N) is 2. The first kappa shape index (κ1) is 29.8. The Balaban J connectivity index is 0.000000493. The smallest absolute Gasteiger partial charge is 0.475 e. The molecule has 3 N–H and O–H groups in total. The van der Waals surface area contributed by atoms with Crippen LogP contribution in [0.4, 0.5) is 23.2 Å². The molecular formula is C29H30F4N4O4. The van der Waals surface area contributed by atoms with Gasteiger partial charge in [0.2, 0.25) is 5.91 Å². The third kappa shape index (κ3) is 6.94. The summed E-state index contributed by atoms with van der Waals surface area (Å²) >= 11 is 0. The minimum atomic E-state index is -5.08. The molecule has 0 bridgehead atoms. The van der Waals surface area contributed by atoms with Crippen molar-refractivity contribution in [1.82, 2.24) is 15.5 Å². The highest BCUT2D eigenvalue weighted by atomic mass is 19.4. The standard InChI is InChI=1S/C27H29FN4O2.C2HF3O2/c1-19(30-25(33)22-10-9-20-5-2-3-6-21(20)15-22)17-31-13-11-27(12-14-31)26(34)29-18-32(27)24-8-4-7-23(28)16-24;3-2(4,5)1(6)7/h2-10,15-16,19H,11-14,17-18H2,1H3,(H,29,34)(H,30,33);(H,6,7)/t19-;/m0./s1. The van der Waals surface area contributed by atoms with Crippen molar-refractivity contribution in [3.63, 3.8) is 0 Å². The highest BCUT2D eigenvalue weighted by molar-refractivity contribution is 5.98. The maximum absolute atomic E-state index is 13.8. The lowest BCUT2D eigenvalue weighted by molar-refractivity contribution is -0.192. The summed E-state index contributed by atoms with van der Waals surface area (Å²) < 4.78 is 45.5. The van der Waals surface area contributed by atoms with E-state index < -0.39 is 17.7 Å². The zero-order valence-corrected chi connectivity index (χ0v) is 22.2. The first-order valence-corrected chi connectivity index (χ1v) is 13.0. The van der Waals surface area contributed by atoms with Crippen LogP contribution >= 0.6 is 0 Å². The number of anilines is 1. The van der Waals surface area contributed by atoms with Crippen molar-refractivity contribution in [2.24, 2.45) is 0 Å². The topological polar surface area (TPSA) is 102 Å². The number of hydrogen-bond acceptors (Lipinski definition) is 5. The van der Waals surface area contributed by atoms with Gasteiger partial charge in [0.15, 0.2) is 0 Å². The van der Waals surface area contributed by atoms with Crippen LogP contribution in [0.3, 0.4) is 0 Å². The lowest BCUT2D eigenvalue weighted by Gasteiger charge is -2.43. The molecule has 0 radical (unpaired) electrons. The number of nitrogens with zero attached hydrogens (tertiary/aromatic N) is 2. The summed E-state index contributed by atoms with van der Waals surface area (Å²) in [7, 11) is 0. The molecule has 2 aliphatic rings. The second-order valence-electron chi connectivity index (χ2n) is 10.1. The van der Waals surface area contributed by atoms with Gasteiger partial charge in [-0.2, -0.15) is 13.2 Å². The molecule has 218 valence electrons. The van der Waals surface area contributed by atoms with Crippen LogP contribution in [0, 0.1) is 5.82 Å². The van der Waals surface area contributed by atoms with E-state index in [2.05, 4.69) is 15.5 Å². The lowest BCUT2D eigenvalue weighted by Crippen LogP contribution is -2.57. The number of halogens is 4. The van der Waals surface area contributed by atoms with Gasteiger partial charge in [-0.15, -0.1) is 0 Å². The molecule has 12 heteroatoms. The second-order valence-corrected chi connectivity index (χ2v) is 10.1. The van der Waals surface area contributed by atoms with E-state index in [0.29, 0.717) is 31.6 Å². The van der Waals surface area contributed by atoms with E-state index in [9.17, 15) is 27.2 Å². The van der Waals surface area contributed by atoms with Gasteiger partial charge in [-0.1, -0.05) is 36.4 Å². The molecular weight excluding hydrogens is 544 g/mol. The molecule has 1 spiro atoms. The number of alkyl halides is 3. The molecule has 0 saturated carbocycles. The van der Waals surface area contributed by atoms with Gasteiger partial charge in [-0.25, -0.2) is 9.18 Å². The molecule has 0 unspecified atom stereocenters. The number of carboxylic acids is 1. The van der Waals surface area contributed by atoms with Gasteiger partial charge in [0.05, 0.1) is 6.67 Å². The Kier molecular flexibility index (Phi) is 8.81. The fraction of sp³-hybridized carbons (Fsp3) is 0.345. The molecule has 2 fully saturated rings. The average Bonchev–Trinajstić information content (AvgIpc) is 3.24. The number of piperidine rings is 1. The van der Waals surface area contributed by atoms with Crippen molar-refractivity contribution in [3.05, 3.63) is 78.1 Å². The summed E-state index contributed by atoms with van der Waals surface area (Å²) in [5.41, 5.74) is 0.723. The quantitative estimate of drug-likeness (QED) is 0.396. The molecule has 2 amide bonds. The van der Waals surface area contributed by atoms with Crippen molar-refractivity contribution in [2.45, 2.75) is 37.5 Å². The highest BCUT2D eigenvalue weighted by Gasteiger charge is 2.50. The summed E-state index contributed by atoms with van der Waals surface area (Å²) in [6.07, 6.45) is -3.78. The normalized spacial score (nSPS) is 17.5. The Hall–Kier alpha value is -4.19. The molecule has 2 heterocycles. The number of fused-ring (bicyclic) bond motifs is 1. The van der Waals surface area contributed by atoms with Crippen LogP contribution in [0.1, 0.15) is 30.1 Å². The number of likely N-dealkylation sites (tertiary alicyclic amines) is 1. The van der Waals surface area contributed by atoms with E-state index in [-0.39, 0.29) is 23.7 Å². The number of rotatable bonds is 5. The summed E-state index contributed by atoms with van der Waals surface area (Å²) in [4.78, 5) is 38.8. The molecule has 1 atom stereocenters. The first-order valence-electron chi connectivity index (χ1n) is 13.0. The van der Waals surface area contributed by atoms with Gasteiger partial charge in [0.1, 0.15) is 11.4 Å². The van der Waals surface area contributed by atoms with Crippen LogP contribution in [0.15, 0.2) is 66.7 Å². The molecule has 3 aromatic carbocycles. The SMILES string of the molecule is C[C@@H](CN1CCC2(CC1)C(=O)NCN2c1cccc(F)c1)NC(=O)c1ccc2ccccc2c1.O=C(O)C(F)(F)F. The average molecular weight is 575 g/mol. The Bertz CT molecular complexity index is 1420. The monoisotopic (exact) mass is 574 g/mol. The van der Waals surface area contributed by atoms with Crippen LogP contribution in [0.25, 0.3) is 10.8 Å². The van der Waals surface area contributed by atoms with E-state index in [1.807, 2.05) is 60.4 Å². The third-order valence-electron chi connectivity index (χ3n) is 7.30. The molecule has 0 aromatic heterocycles. The number of aliphatic carboxylic acids is 1. The summed E-state index contributed by atoms with van der Waals surface area (Å²) in [5.74, 6) is -3.14. The zero-order valence-electron chi connectivity index (χ0n) is 22.2. The molecule has 8 nitrogen and oxygen atoms in total. The number of amides is 2. The van der Waals surface area contributed by atoms with Crippen LogP contribution < -0.4 is 15.5 Å². The summed E-state index contributed by atoms with van der Waals surface area (Å²) in [5, 5.41) is 15.3. The third-order valence-corrected chi connectivity index (χ3v) is 7.30. The predicted molar refractivity (Wildman–Crippen MR) is 145 cm³/mol. The molecule has 5 rings (SSSR count). The molecule has 2 saturated heterocycles. The molecule has 2 aliphatic heterocycles.